The van der Waals surface area contributed by atoms with E-state index >= 15 is 0 Å². The van der Waals surface area contributed by atoms with E-state index in [2.05, 4.69) is 52.6 Å². The molecule has 0 aromatic carbocycles. The number of imidazole rings is 1. The second-order valence-electron chi connectivity index (χ2n) is 23.2. The molecule has 4 aliphatic carbocycles. The summed E-state index contributed by atoms with van der Waals surface area (Å²) in [5.41, 5.74) is 0.689. The Balaban J connectivity index is 0.000000216. The molecule has 4 heterocycles. The highest BCUT2D eigenvalue weighted by Crippen LogP contribution is 2.43. The molecule has 4 aliphatic rings. The number of thioether (sulfide) groups is 2. The van der Waals surface area contributed by atoms with E-state index in [1.165, 1.54) is 22.7 Å². The lowest BCUT2D eigenvalue weighted by Gasteiger charge is -2.39. The molecule has 74 heavy (non-hydrogen) atoms. The molecular formula is C57H77N7O6S4. The van der Waals surface area contributed by atoms with Crippen LogP contribution in [0.4, 0.5) is 11.4 Å². The summed E-state index contributed by atoms with van der Waals surface area (Å²) in [6, 6.07) is 3.68. The first-order chi connectivity index (χ1) is 35.0. The normalized spacial score (nSPS) is 24.2. The average molecular weight is 1080 g/mol. The summed E-state index contributed by atoms with van der Waals surface area (Å²) in [5.74, 6) is 12.2. The van der Waals surface area contributed by atoms with Gasteiger partial charge in [-0.1, -0.05) is 61.1 Å². The van der Waals surface area contributed by atoms with Gasteiger partial charge in [-0.05, 0) is 168 Å². The predicted octanol–water partition coefficient (Wildman–Crippen LogP) is 13.1. The zero-order chi connectivity index (χ0) is 53.5. The van der Waals surface area contributed by atoms with E-state index in [-0.39, 0.29) is 56.3 Å². The Labute approximate surface area is 455 Å². The third-order valence-corrected chi connectivity index (χ3v) is 19.5. The van der Waals surface area contributed by atoms with Crippen LogP contribution in [0.3, 0.4) is 0 Å². The zero-order valence-corrected chi connectivity index (χ0v) is 48.4. The van der Waals surface area contributed by atoms with Gasteiger partial charge in [0, 0.05) is 71.7 Å². The van der Waals surface area contributed by atoms with Crippen LogP contribution in [0.2, 0.25) is 0 Å². The molecule has 2 N–H and O–H groups in total. The van der Waals surface area contributed by atoms with Crippen molar-refractivity contribution in [2.75, 3.05) is 9.80 Å². The van der Waals surface area contributed by atoms with Gasteiger partial charge in [0.25, 0.3) is 0 Å². The van der Waals surface area contributed by atoms with Crippen LogP contribution in [0, 0.1) is 58.2 Å². The zero-order valence-electron chi connectivity index (χ0n) is 45.1. The van der Waals surface area contributed by atoms with Gasteiger partial charge in [0.1, 0.15) is 16.1 Å². The maximum atomic E-state index is 14.1. The molecule has 4 aromatic heterocycles. The Morgan fingerprint density at radius 1 is 0.608 bits per heavy atom. The minimum atomic E-state index is -0.995. The van der Waals surface area contributed by atoms with Crippen LogP contribution in [-0.2, 0) is 23.7 Å². The number of thiophene rings is 2. The number of carbonyl (C=O) groups excluding carboxylic acids is 2. The number of rotatable bonds is 12. The molecule has 13 nitrogen and oxygen atoms in total. The minimum absolute atomic E-state index is 0.00111. The summed E-state index contributed by atoms with van der Waals surface area (Å²) in [6.07, 6.45) is 20.3. The highest BCUT2D eigenvalue weighted by Gasteiger charge is 2.40. The van der Waals surface area contributed by atoms with E-state index in [1.54, 1.807) is 34.5 Å². The largest absolute Gasteiger partial charge is 0.477 e. The van der Waals surface area contributed by atoms with Gasteiger partial charge in [-0.15, -0.1) is 22.7 Å². The molecule has 4 aromatic rings. The van der Waals surface area contributed by atoms with Crippen LogP contribution < -0.4 is 9.80 Å². The summed E-state index contributed by atoms with van der Waals surface area (Å²) in [4.78, 5) is 67.2. The van der Waals surface area contributed by atoms with Crippen LogP contribution in [0.25, 0.3) is 0 Å². The molecule has 0 saturated heterocycles. The van der Waals surface area contributed by atoms with Crippen molar-refractivity contribution in [1.82, 2.24) is 24.3 Å². The van der Waals surface area contributed by atoms with Crippen molar-refractivity contribution in [2.24, 2.45) is 48.6 Å². The topological polar surface area (TPSA) is 164 Å². The van der Waals surface area contributed by atoms with Gasteiger partial charge < -0.3 is 24.6 Å². The Morgan fingerprint density at radius 2 is 1.01 bits per heavy atom. The smallest absolute Gasteiger partial charge is 0.348 e. The van der Waals surface area contributed by atoms with Crippen molar-refractivity contribution < 1.29 is 29.4 Å². The Morgan fingerprint density at radius 3 is 1.35 bits per heavy atom. The standard InChI is InChI=1S/C29H39N3O3S2.C28H38N4O3S2/c1-19-6-8-20(9-7-19)26(33)32(21-10-12-22(13-11-21)37-28-30-16-17-31(28)5)24-18-23(14-15-29(2,3)4)36-25(24)27(34)35;1-18-6-8-19(9-7-18)25(33)32(20-10-12-21(13-11-20)37-27-29-17-30-31(27)5)23-16-22(14-15-28(2,3)4)36-24(23)26(34)35/h16-22H,6-13H2,1-5H3,(H,34,35);16-21H,6-13H2,1-5H3,(H,34,35). The average Bonchev–Trinajstić information content (AvgIpc) is 4.17. The maximum Gasteiger partial charge on any atom is 0.348 e. The first-order valence-corrected chi connectivity index (χ1v) is 30.0. The van der Waals surface area contributed by atoms with Gasteiger partial charge in [0.2, 0.25) is 11.8 Å². The molecule has 2 amide bonds. The number of hydrogen-bond donors (Lipinski definition) is 2. The predicted molar refractivity (Wildman–Crippen MR) is 300 cm³/mol. The first-order valence-electron chi connectivity index (χ1n) is 26.6. The lowest BCUT2D eigenvalue weighted by molar-refractivity contribution is -0.125. The Hall–Kier alpha value is -4.55. The lowest BCUT2D eigenvalue weighted by Crippen LogP contribution is -2.46. The van der Waals surface area contributed by atoms with E-state index in [0.717, 1.165) is 113 Å². The third-order valence-electron chi connectivity index (χ3n) is 14.7. The SMILES string of the molecule is CC1CCC(C(=O)N(c2cc(C#CC(C)(C)C)sc2C(=O)O)C2CCC(Sc3nccn3C)CC2)CC1.CC1CCC(C(=O)N(c2cc(C#CC(C)(C)C)sc2C(=O)O)C2CCC(Sc3ncnn3C)CC2)CC1. The number of amides is 2. The van der Waals surface area contributed by atoms with Crippen molar-refractivity contribution in [1.29, 1.82) is 0 Å². The van der Waals surface area contributed by atoms with Gasteiger partial charge in [0.15, 0.2) is 10.3 Å². The van der Waals surface area contributed by atoms with Gasteiger partial charge in [0.05, 0.1) is 21.1 Å². The highest BCUT2D eigenvalue weighted by molar-refractivity contribution is 8.00. The summed E-state index contributed by atoms with van der Waals surface area (Å²) in [6.45, 7) is 16.7. The van der Waals surface area contributed by atoms with E-state index < -0.39 is 11.9 Å². The summed E-state index contributed by atoms with van der Waals surface area (Å²) >= 11 is 5.91. The molecule has 17 heteroatoms. The number of nitrogens with zero attached hydrogens (tertiary/aromatic N) is 7. The number of aryl methyl sites for hydroxylation is 2. The van der Waals surface area contributed by atoms with Crippen molar-refractivity contribution in [3.8, 4) is 23.7 Å². The number of carboxylic acids is 2. The van der Waals surface area contributed by atoms with E-state index in [9.17, 15) is 29.4 Å². The fraction of sp³-hybridized carbons (Fsp3) is 0.632. The fourth-order valence-corrected chi connectivity index (χ4v) is 14.4. The number of carbonyl (C=O) groups is 4. The van der Waals surface area contributed by atoms with Gasteiger partial charge >= 0.3 is 11.9 Å². The highest BCUT2D eigenvalue weighted by atomic mass is 32.2. The molecule has 4 saturated carbocycles. The number of aromatic nitrogens is 5. The van der Waals surface area contributed by atoms with Crippen molar-refractivity contribution >= 4 is 81.3 Å². The molecule has 0 spiro atoms. The van der Waals surface area contributed by atoms with Crippen LogP contribution in [0.1, 0.15) is 187 Å². The Bertz CT molecular complexity index is 2520. The molecular weight excluding hydrogens is 1010 g/mol. The molecule has 8 rings (SSSR count). The Kier molecular flexibility index (Phi) is 19.4. The summed E-state index contributed by atoms with van der Waals surface area (Å²) in [7, 11) is 3.91. The second kappa shape index (κ2) is 25.1. The van der Waals surface area contributed by atoms with E-state index in [4.69, 9.17) is 0 Å². The molecule has 400 valence electrons. The van der Waals surface area contributed by atoms with E-state index in [0.29, 0.717) is 43.5 Å². The number of carboxylic acid groups (broad SMARTS) is 2. The second-order valence-corrected chi connectivity index (χ2v) is 27.8. The quantitative estimate of drug-likeness (QED) is 0.130. The third kappa shape index (κ3) is 15.3. The van der Waals surface area contributed by atoms with Crippen LogP contribution in [0.15, 0.2) is 41.2 Å². The van der Waals surface area contributed by atoms with Crippen molar-refractivity contribution in [3.63, 3.8) is 0 Å². The number of anilines is 2. The monoisotopic (exact) mass is 1080 g/mol. The van der Waals surface area contributed by atoms with Gasteiger partial charge in [-0.2, -0.15) is 5.10 Å². The number of hydrogen-bond acceptors (Lipinski definition) is 11. The van der Waals surface area contributed by atoms with E-state index in [1.807, 2.05) is 94.5 Å². The van der Waals surface area contributed by atoms with Crippen LogP contribution in [0.5, 0.6) is 0 Å². The molecule has 0 radical (unpaired) electrons. The molecule has 0 atom stereocenters. The fourth-order valence-electron chi connectivity index (χ4n) is 10.4. The summed E-state index contributed by atoms with van der Waals surface area (Å²) < 4.78 is 3.84. The lowest BCUT2D eigenvalue weighted by atomic mass is 9.81. The van der Waals surface area contributed by atoms with Crippen molar-refractivity contribution in [3.05, 3.63) is 50.4 Å². The van der Waals surface area contributed by atoms with Crippen LogP contribution in [-0.4, -0.2) is 80.9 Å². The van der Waals surface area contributed by atoms with Gasteiger partial charge in [-0.3, -0.25) is 9.59 Å². The molecule has 0 bridgehead atoms. The minimum Gasteiger partial charge on any atom is -0.477 e. The molecule has 4 fully saturated rings. The van der Waals surface area contributed by atoms with Gasteiger partial charge in [-0.25, -0.2) is 24.2 Å². The van der Waals surface area contributed by atoms with Crippen LogP contribution >= 0.6 is 46.2 Å². The van der Waals surface area contributed by atoms with Crippen molar-refractivity contribution in [2.45, 2.75) is 191 Å². The molecule has 0 aliphatic heterocycles. The number of aromatic carboxylic acids is 2. The first kappa shape index (κ1) is 57.2. The maximum absolute atomic E-state index is 14.1. The summed E-state index contributed by atoms with van der Waals surface area (Å²) in [5, 5.41) is 27.1. The molecule has 0 unspecified atom stereocenters.